The van der Waals surface area contributed by atoms with Crippen LogP contribution in [0.15, 0.2) is 81.3 Å². The molecule has 2 aromatic carbocycles. The average Bonchev–Trinajstić information content (AvgIpc) is 3.23. The predicted molar refractivity (Wildman–Crippen MR) is 122 cm³/mol. The van der Waals surface area contributed by atoms with Gasteiger partial charge in [-0.3, -0.25) is 9.59 Å². The summed E-state index contributed by atoms with van der Waals surface area (Å²) in [6.45, 7) is 2.59. The molecule has 0 aliphatic rings. The maximum Gasteiger partial charge on any atom is 0.267 e. The highest BCUT2D eigenvalue weighted by atomic mass is 79.9. The lowest BCUT2D eigenvalue weighted by Gasteiger charge is -2.10. The van der Waals surface area contributed by atoms with Crippen molar-refractivity contribution in [3.63, 3.8) is 0 Å². The Morgan fingerprint density at radius 3 is 2.43 bits per heavy atom. The second kappa shape index (κ2) is 10.6. The zero-order valence-corrected chi connectivity index (χ0v) is 18.2. The third-order valence-corrected chi connectivity index (χ3v) is 4.92. The molecule has 0 radical (unpaired) electrons. The van der Waals surface area contributed by atoms with Crippen LogP contribution in [0.25, 0.3) is 17.4 Å². The summed E-state index contributed by atoms with van der Waals surface area (Å²) in [5.74, 6) is 0.442. The number of nitrogens with one attached hydrogen (secondary N) is 2. The lowest BCUT2D eigenvalue weighted by Crippen LogP contribution is -2.35. The van der Waals surface area contributed by atoms with Crippen molar-refractivity contribution < 1.29 is 14.0 Å². The SMILES string of the molecule is CCCCNC(=O)/C(=C\c1ccc(-c2ccc(Br)cc2)o1)NC(=O)c1ccccc1. The van der Waals surface area contributed by atoms with E-state index in [2.05, 4.69) is 26.6 Å². The molecule has 6 heteroatoms. The first kappa shape index (κ1) is 21.6. The first-order chi connectivity index (χ1) is 14.6. The topological polar surface area (TPSA) is 71.3 Å². The van der Waals surface area contributed by atoms with Crippen molar-refractivity contribution in [2.24, 2.45) is 0 Å². The minimum atomic E-state index is -0.354. The zero-order chi connectivity index (χ0) is 21.3. The van der Waals surface area contributed by atoms with Crippen LogP contribution in [-0.2, 0) is 4.79 Å². The van der Waals surface area contributed by atoms with E-state index in [1.54, 1.807) is 36.4 Å². The number of furan rings is 1. The summed E-state index contributed by atoms with van der Waals surface area (Å²) in [7, 11) is 0. The number of rotatable bonds is 8. The maximum absolute atomic E-state index is 12.7. The number of hydrogen-bond donors (Lipinski definition) is 2. The molecule has 1 heterocycles. The number of halogens is 1. The van der Waals surface area contributed by atoms with Crippen molar-refractivity contribution >= 4 is 33.8 Å². The fourth-order valence-corrected chi connectivity index (χ4v) is 3.02. The molecule has 5 nitrogen and oxygen atoms in total. The first-order valence-corrected chi connectivity index (χ1v) is 10.6. The minimum Gasteiger partial charge on any atom is -0.457 e. The normalized spacial score (nSPS) is 11.2. The number of carbonyl (C=O) groups is 2. The summed E-state index contributed by atoms with van der Waals surface area (Å²) in [4.78, 5) is 25.2. The van der Waals surface area contributed by atoms with Gasteiger partial charge in [0, 0.05) is 28.2 Å². The monoisotopic (exact) mass is 466 g/mol. The van der Waals surface area contributed by atoms with Crippen LogP contribution in [-0.4, -0.2) is 18.4 Å². The van der Waals surface area contributed by atoms with Crippen LogP contribution in [0.4, 0.5) is 0 Å². The Balaban J connectivity index is 1.83. The second-order valence-electron chi connectivity index (χ2n) is 6.70. The van der Waals surface area contributed by atoms with Crippen LogP contribution in [0.2, 0.25) is 0 Å². The van der Waals surface area contributed by atoms with Gasteiger partial charge in [-0.2, -0.15) is 0 Å². The Bertz CT molecular complexity index is 1020. The van der Waals surface area contributed by atoms with E-state index in [1.807, 2.05) is 43.3 Å². The van der Waals surface area contributed by atoms with E-state index < -0.39 is 0 Å². The highest BCUT2D eigenvalue weighted by Crippen LogP contribution is 2.25. The first-order valence-electron chi connectivity index (χ1n) is 9.79. The van der Waals surface area contributed by atoms with E-state index in [9.17, 15) is 9.59 Å². The molecular formula is C24H23BrN2O3. The molecule has 0 saturated heterocycles. The van der Waals surface area contributed by atoms with Gasteiger partial charge in [0.25, 0.3) is 11.8 Å². The van der Waals surface area contributed by atoms with Crippen LogP contribution >= 0.6 is 15.9 Å². The Hall–Kier alpha value is -3.12. The molecule has 0 aliphatic carbocycles. The van der Waals surface area contributed by atoms with Gasteiger partial charge in [0.05, 0.1) is 0 Å². The largest absolute Gasteiger partial charge is 0.457 e. The molecule has 1 aromatic heterocycles. The van der Waals surface area contributed by atoms with Gasteiger partial charge in [-0.25, -0.2) is 0 Å². The molecule has 30 heavy (non-hydrogen) atoms. The molecule has 0 fully saturated rings. The van der Waals surface area contributed by atoms with Crippen molar-refractivity contribution in [3.05, 3.63) is 88.2 Å². The smallest absolute Gasteiger partial charge is 0.267 e. The van der Waals surface area contributed by atoms with Crippen molar-refractivity contribution in [2.75, 3.05) is 6.54 Å². The number of carbonyl (C=O) groups excluding carboxylic acids is 2. The summed E-state index contributed by atoms with van der Waals surface area (Å²) in [6, 6.07) is 20.1. The van der Waals surface area contributed by atoms with E-state index in [4.69, 9.17) is 4.42 Å². The van der Waals surface area contributed by atoms with Crippen molar-refractivity contribution in [2.45, 2.75) is 19.8 Å². The molecule has 2 amide bonds. The molecule has 3 aromatic rings. The highest BCUT2D eigenvalue weighted by molar-refractivity contribution is 9.10. The fourth-order valence-electron chi connectivity index (χ4n) is 2.76. The maximum atomic E-state index is 12.7. The highest BCUT2D eigenvalue weighted by Gasteiger charge is 2.15. The molecule has 0 bridgehead atoms. The number of unbranched alkanes of at least 4 members (excludes halogenated alkanes) is 1. The van der Waals surface area contributed by atoms with Crippen LogP contribution in [0.1, 0.15) is 35.9 Å². The molecule has 2 N–H and O–H groups in total. The minimum absolute atomic E-state index is 0.136. The quantitative estimate of drug-likeness (QED) is 0.345. The van der Waals surface area contributed by atoms with Gasteiger partial charge in [0.2, 0.25) is 0 Å². The molecule has 0 saturated carbocycles. The Labute approximate surface area is 184 Å². The van der Waals surface area contributed by atoms with Crippen molar-refractivity contribution in [1.29, 1.82) is 0 Å². The van der Waals surface area contributed by atoms with Gasteiger partial charge in [-0.15, -0.1) is 0 Å². The Morgan fingerprint density at radius 2 is 1.73 bits per heavy atom. The summed E-state index contributed by atoms with van der Waals surface area (Å²) in [5, 5.41) is 5.55. The van der Waals surface area contributed by atoms with Gasteiger partial charge < -0.3 is 15.1 Å². The molecule has 0 unspecified atom stereocenters. The number of amides is 2. The summed E-state index contributed by atoms with van der Waals surface area (Å²) in [5.41, 5.74) is 1.52. The zero-order valence-electron chi connectivity index (χ0n) is 16.7. The second-order valence-corrected chi connectivity index (χ2v) is 7.61. The standard InChI is InChI=1S/C24H23BrN2O3/c1-2-3-15-26-24(29)21(27-23(28)18-7-5-4-6-8-18)16-20-13-14-22(30-20)17-9-11-19(25)12-10-17/h4-14,16H,2-3,15H2,1H3,(H,26,29)(H,27,28)/b21-16+. The van der Waals surface area contributed by atoms with Crippen molar-refractivity contribution in [1.82, 2.24) is 10.6 Å². The van der Waals surface area contributed by atoms with Crippen LogP contribution in [0.3, 0.4) is 0 Å². The number of hydrogen-bond acceptors (Lipinski definition) is 3. The summed E-state index contributed by atoms with van der Waals surface area (Å²) < 4.78 is 6.86. The van der Waals surface area contributed by atoms with E-state index in [-0.39, 0.29) is 17.5 Å². The van der Waals surface area contributed by atoms with Gasteiger partial charge in [0.1, 0.15) is 17.2 Å². The van der Waals surface area contributed by atoms with Crippen LogP contribution in [0.5, 0.6) is 0 Å². The lowest BCUT2D eigenvalue weighted by atomic mass is 10.2. The predicted octanol–water partition coefficient (Wildman–Crippen LogP) is 5.40. The summed E-state index contributed by atoms with van der Waals surface area (Å²) >= 11 is 3.41. The van der Waals surface area contributed by atoms with Gasteiger partial charge in [-0.1, -0.05) is 59.6 Å². The van der Waals surface area contributed by atoms with E-state index in [1.165, 1.54) is 0 Å². The molecule has 154 valence electrons. The third-order valence-electron chi connectivity index (χ3n) is 4.39. The Kier molecular flexibility index (Phi) is 7.63. The molecule has 0 aliphatic heterocycles. The van der Waals surface area contributed by atoms with Crippen molar-refractivity contribution in [3.8, 4) is 11.3 Å². The van der Waals surface area contributed by atoms with Crippen LogP contribution in [0, 0.1) is 0 Å². The van der Waals surface area contributed by atoms with Gasteiger partial charge in [0.15, 0.2) is 0 Å². The molecule has 3 rings (SSSR count). The van der Waals surface area contributed by atoms with E-state index >= 15 is 0 Å². The van der Waals surface area contributed by atoms with E-state index in [0.29, 0.717) is 23.6 Å². The van der Waals surface area contributed by atoms with Crippen LogP contribution < -0.4 is 10.6 Å². The Morgan fingerprint density at radius 1 is 1.00 bits per heavy atom. The fraction of sp³-hybridized carbons (Fsp3) is 0.167. The molecule has 0 spiro atoms. The lowest BCUT2D eigenvalue weighted by molar-refractivity contribution is -0.117. The van der Waals surface area contributed by atoms with Gasteiger partial charge in [-0.05, 0) is 42.8 Å². The molecular weight excluding hydrogens is 444 g/mol. The third kappa shape index (κ3) is 5.94. The van der Waals surface area contributed by atoms with E-state index in [0.717, 1.165) is 22.9 Å². The molecule has 0 atom stereocenters. The average molecular weight is 467 g/mol. The summed E-state index contributed by atoms with van der Waals surface area (Å²) in [6.07, 6.45) is 3.37. The van der Waals surface area contributed by atoms with Gasteiger partial charge >= 0.3 is 0 Å². The number of benzene rings is 2.